The number of aliphatic hydroxyl groups excluding tert-OH is 1. The van der Waals surface area contributed by atoms with Crippen LogP contribution in [0.1, 0.15) is 13.3 Å². The molecule has 7 nitrogen and oxygen atoms in total. The van der Waals surface area contributed by atoms with Gasteiger partial charge in [0.25, 0.3) is 0 Å². The lowest BCUT2D eigenvalue weighted by Gasteiger charge is -2.22. The van der Waals surface area contributed by atoms with Gasteiger partial charge in [0.1, 0.15) is 0 Å². The first kappa shape index (κ1) is 16.9. The predicted molar refractivity (Wildman–Crippen MR) is 84.5 cm³/mol. The second-order valence-corrected chi connectivity index (χ2v) is 5.20. The lowest BCUT2D eigenvalue weighted by atomic mass is 10.2. The number of nitrogens with zero attached hydrogens (tertiary/aromatic N) is 4. The molecule has 0 bridgehead atoms. The highest BCUT2D eigenvalue weighted by Gasteiger charge is 2.17. The number of aliphatic hydroxyl groups is 1. The fourth-order valence-corrected chi connectivity index (χ4v) is 2.38. The smallest absolute Gasteiger partial charge is 0.390 e. The Hall–Kier alpha value is -2.43. The number of benzene rings is 1. The standard InChI is InChI=1S/C16H20N4O3/c1-2-19(10-6-9-17)11-14(21)12-20-15(18-23-16(20)22)13-7-4-3-5-8-13/h3-5,7-8,14,21H,2,6,10-12H2,1H3. The summed E-state index contributed by atoms with van der Waals surface area (Å²) in [5, 5.41) is 22.7. The molecule has 0 spiro atoms. The van der Waals surface area contributed by atoms with Gasteiger partial charge in [0.05, 0.1) is 18.7 Å². The molecule has 23 heavy (non-hydrogen) atoms. The molecular formula is C16H20N4O3. The highest BCUT2D eigenvalue weighted by atomic mass is 16.5. The molecule has 0 radical (unpaired) electrons. The first-order chi connectivity index (χ1) is 11.2. The largest absolute Gasteiger partial charge is 0.441 e. The van der Waals surface area contributed by atoms with Crippen molar-refractivity contribution in [2.75, 3.05) is 19.6 Å². The molecule has 0 amide bonds. The van der Waals surface area contributed by atoms with E-state index < -0.39 is 11.9 Å². The second-order valence-electron chi connectivity index (χ2n) is 5.20. The Balaban J connectivity index is 2.10. The summed E-state index contributed by atoms with van der Waals surface area (Å²) in [6.45, 7) is 3.75. The molecule has 1 N–H and O–H groups in total. The van der Waals surface area contributed by atoms with Crippen molar-refractivity contribution in [1.29, 1.82) is 5.26 Å². The van der Waals surface area contributed by atoms with Gasteiger partial charge in [-0.15, -0.1) is 0 Å². The lowest BCUT2D eigenvalue weighted by Crippen LogP contribution is -2.36. The number of aromatic nitrogens is 2. The summed E-state index contributed by atoms with van der Waals surface area (Å²) in [5.41, 5.74) is 0.752. The Morgan fingerprint density at radius 2 is 2.17 bits per heavy atom. The van der Waals surface area contributed by atoms with Crippen molar-refractivity contribution < 1.29 is 9.63 Å². The fraction of sp³-hybridized carbons (Fsp3) is 0.438. The summed E-state index contributed by atoms with van der Waals surface area (Å²) in [6, 6.07) is 11.3. The van der Waals surface area contributed by atoms with Gasteiger partial charge in [-0.1, -0.05) is 42.4 Å². The average Bonchev–Trinajstić information content (AvgIpc) is 2.93. The van der Waals surface area contributed by atoms with E-state index in [9.17, 15) is 9.90 Å². The highest BCUT2D eigenvalue weighted by Crippen LogP contribution is 2.15. The number of hydrogen-bond acceptors (Lipinski definition) is 6. The molecule has 0 saturated carbocycles. The molecule has 0 aliphatic heterocycles. The molecule has 1 heterocycles. The molecule has 0 fully saturated rings. The van der Waals surface area contributed by atoms with Gasteiger partial charge in [0, 0.05) is 25.1 Å². The summed E-state index contributed by atoms with van der Waals surface area (Å²) < 4.78 is 6.07. The Morgan fingerprint density at radius 1 is 1.43 bits per heavy atom. The van der Waals surface area contributed by atoms with Crippen LogP contribution in [0.15, 0.2) is 39.6 Å². The first-order valence-corrected chi connectivity index (χ1v) is 7.55. The summed E-state index contributed by atoms with van der Waals surface area (Å²) in [5.74, 6) is -0.197. The van der Waals surface area contributed by atoms with Crippen LogP contribution in [0.2, 0.25) is 0 Å². The monoisotopic (exact) mass is 316 g/mol. The molecule has 122 valence electrons. The molecule has 0 aliphatic rings. The highest BCUT2D eigenvalue weighted by molar-refractivity contribution is 5.54. The number of nitriles is 1. The zero-order valence-corrected chi connectivity index (χ0v) is 13.1. The number of rotatable bonds is 8. The maximum Gasteiger partial charge on any atom is 0.441 e. The molecule has 1 aromatic carbocycles. The van der Waals surface area contributed by atoms with Gasteiger partial charge < -0.3 is 5.11 Å². The van der Waals surface area contributed by atoms with Crippen molar-refractivity contribution in [3.05, 3.63) is 40.9 Å². The maximum absolute atomic E-state index is 11.8. The normalized spacial score (nSPS) is 12.3. The van der Waals surface area contributed by atoms with Gasteiger partial charge in [0.2, 0.25) is 0 Å². The van der Waals surface area contributed by atoms with E-state index in [1.165, 1.54) is 4.57 Å². The van der Waals surface area contributed by atoms with E-state index in [1.807, 2.05) is 42.2 Å². The van der Waals surface area contributed by atoms with Gasteiger partial charge in [-0.05, 0) is 6.54 Å². The average molecular weight is 316 g/mol. The van der Waals surface area contributed by atoms with Crippen LogP contribution in [0.5, 0.6) is 0 Å². The summed E-state index contributed by atoms with van der Waals surface area (Å²) in [7, 11) is 0. The molecule has 0 saturated heterocycles. The third-order valence-electron chi connectivity index (χ3n) is 3.57. The quantitative estimate of drug-likeness (QED) is 0.783. The van der Waals surface area contributed by atoms with Gasteiger partial charge in [-0.25, -0.2) is 4.79 Å². The summed E-state index contributed by atoms with van der Waals surface area (Å²) >= 11 is 0. The van der Waals surface area contributed by atoms with Crippen LogP contribution in [-0.4, -0.2) is 45.5 Å². The van der Waals surface area contributed by atoms with E-state index in [1.54, 1.807) is 0 Å². The topological polar surface area (TPSA) is 95.3 Å². The van der Waals surface area contributed by atoms with Crippen LogP contribution in [-0.2, 0) is 6.54 Å². The van der Waals surface area contributed by atoms with Crippen LogP contribution in [0, 0.1) is 11.3 Å². The van der Waals surface area contributed by atoms with E-state index in [0.717, 1.165) is 12.1 Å². The van der Waals surface area contributed by atoms with Crippen molar-refractivity contribution in [2.45, 2.75) is 26.0 Å². The Kier molecular flexibility index (Phi) is 6.09. The van der Waals surface area contributed by atoms with Crippen LogP contribution in [0.25, 0.3) is 11.4 Å². The molecule has 2 rings (SSSR count). The van der Waals surface area contributed by atoms with E-state index in [0.29, 0.717) is 25.3 Å². The van der Waals surface area contributed by atoms with Crippen LogP contribution < -0.4 is 5.76 Å². The molecule has 2 aromatic rings. The van der Waals surface area contributed by atoms with Crippen LogP contribution in [0.3, 0.4) is 0 Å². The van der Waals surface area contributed by atoms with Gasteiger partial charge in [-0.3, -0.25) is 14.0 Å². The Labute approximate surface area is 134 Å². The second kappa shape index (κ2) is 8.27. The maximum atomic E-state index is 11.8. The number of likely N-dealkylation sites (N-methyl/N-ethyl adjacent to an activating group) is 1. The van der Waals surface area contributed by atoms with E-state index in [4.69, 9.17) is 9.78 Å². The molecule has 1 aromatic heterocycles. The number of hydrogen-bond donors (Lipinski definition) is 1. The van der Waals surface area contributed by atoms with Gasteiger partial charge in [-0.2, -0.15) is 5.26 Å². The minimum Gasteiger partial charge on any atom is -0.390 e. The van der Waals surface area contributed by atoms with Crippen molar-refractivity contribution in [2.24, 2.45) is 0 Å². The molecular weight excluding hydrogens is 296 g/mol. The third kappa shape index (κ3) is 4.52. The Morgan fingerprint density at radius 3 is 2.83 bits per heavy atom. The molecule has 7 heteroatoms. The summed E-state index contributed by atoms with van der Waals surface area (Å²) in [4.78, 5) is 13.8. The zero-order valence-electron chi connectivity index (χ0n) is 13.1. The van der Waals surface area contributed by atoms with Crippen molar-refractivity contribution in [1.82, 2.24) is 14.6 Å². The third-order valence-corrected chi connectivity index (χ3v) is 3.57. The Bertz CT molecular complexity index is 702. The summed E-state index contributed by atoms with van der Waals surface area (Å²) in [6.07, 6.45) is -0.350. The molecule has 0 aliphatic carbocycles. The SMILES string of the molecule is CCN(CCC#N)CC(O)Cn1c(-c2ccccc2)noc1=O. The van der Waals surface area contributed by atoms with Crippen molar-refractivity contribution in [3.8, 4) is 17.5 Å². The molecule has 1 unspecified atom stereocenters. The van der Waals surface area contributed by atoms with E-state index in [-0.39, 0.29) is 6.54 Å². The van der Waals surface area contributed by atoms with Crippen LogP contribution >= 0.6 is 0 Å². The fourth-order valence-electron chi connectivity index (χ4n) is 2.38. The van der Waals surface area contributed by atoms with Crippen molar-refractivity contribution >= 4 is 0 Å². The van der Waals surface area contributed by atoms with Gasteiger partial charge >= 0.3 is 5.76 Å². The first-order valence-electron chi connectivity index (χ1n) is 7.55. The van der Waals surface area contributed by atoms with E-state index >= 15 is 0 Å². The zero-order chi connectivity index (χ0) is 16.7. The van der Waals surface area contributed by atoms with Gasteiger partial charge in [0.15, 0.2) is 5.82 Å². The molecule has 1 atom stereocenters. The lowest BCUT2D eigenvalue weighted by molar-refractivity contribution is 0.0998. The minimum absolute atomic E-state index is 0.0929. The minimum atomic E-state index is -0.756. The van der Waals surface area contributed by atoms with Crippen molar-refractivity contribution in [3.63, 3.8) is 0 Å². The van der Waals surface area contributed by atoms with Crippen LogP contribution in [0.4, 0.5) is 0 Å². The van der Waals surface area contributed by atoms with E-state index in [2.05, 4.69) is 11.2 Å². The predicted octanol–water partition coefficient (Wildman–Crippen LogP) is 1.10.